The Hall–Kier alpha value is -3.36. The van der Waals surface area contributed by atoms with Crippen LogP contribution < -0.4 is 4.72 Å². The SMILES string of the molecule is Cc1ccc(CN(Cc2ccco2)C(=O)c2ccc(S(=O)(=O)Nc3ccccc3)cc2)s1. The Labute approximate surface area is 191 Å². The van der Waals surface area contributed by atoms with Gasteiger partial charge in [0, 0.05) is 21.0 Å². The molecule has 0 saturated carbocycles. The van der Waals surface area contributed by atoms with Crippen LogP contribution in [0.5, 0.6) is 0 Å². The zero-order chi connectivity index (χ0) is 22.6. The number of anilines is 1. The van der Waals surface area contributed by atoms with E-state index in [1.54, 1.807) is 52.8 Å². The molecule has 2 aromatic carbocycles. The van der Waals surface area contributed by atoms with E-state index in [9.17, 15) is 13.2 Å². The summed E-state index contributed by atoms with van der Waals surface area (Å²) in [6.07, 6.45) is 1.58. The zero-order valence-corrected chi connectivity index (χ0v) is 19.0. The number of hydrogen-bond acceptors (Lipinski definition) is 5. The van der Waals surface area contributed by atoms with Gasteiger partial charge in [-0.3, -0.25) is 9.52 Å². The summed E-state index contributed by atoms with van der Waals surface area (Å²) in [7, 11) is -3.75. The van der Waals surface area contributed by atoms with Gasteiger partial charge in [0.2, 0.25) is 0 Å². The van der Waals surface area contributed by atoms with Crippen LogP contribution in [0.3, 0.4) is 0 Å². The minimum absolute atomic E-state index is 0.0874. The van der Waals surface area contributed by atoms with Crippen molar-refractivity contribution in [3.05, 3.63) is 106 Å². The monoisotopic (exact) mass is 466 g/mol. The van der Waals surface area contributed by atoms with Crippen molar-refractivity contribution in [3.63, 3.8) is 0 Å². The molecule has 2 heterocycles. The molecular formula is C24H22N2O4S2. The molecule has 0 aliphatic rings. The predicted octanol–water partition coefficient (Wildman–Crippen LogP) is 5.29. The van der Waals surface area contributed by atoms with Crippen LogP contribution in [0.15, 0.2) is 94.4 Å². The summed E-state index contributed by atoms with van der Waals surface area (Å²) >= 11 is 1.64. The van der Waals surface area contributed by atoms with Crippen LogP contribution in [-0.4, -0.2) is 19.2 Å². The lowest BCUT2D eigenvalue weighted by Gasteiger charge is -2.21. The third-order valence-corrected chi connectivity index (χ3v) is 7.18. The molecule has 8 heteroatoms. The summed E-state index contributed by atoms with van der Waals surface area (Å²) < 4.78 is 33.3. The number of sulfonamides is 1. The van der Waals surface area contributed by atoms with E-state index in [2.05, 4.69) is 4.72 Å². The topological polar surface area (TPSA) is 79.6 Å². The Morgan fingerprint density at radius 3 is 2.31 bits per heavy atom. The van der Waals surface area contributed by atoms with E-state index in [0.717, 1.165) is 4.88 Å². The van der Waals surface area contributed by atoms with E-state index in [0.29, 0.717) is 30.1 Å². The molecule has 164 valence electrons. The van der Waals surface area contributed by atoms with Crippen LogP contribution in [0.4, 0.5) is 5.69 Å². The smallest absolute Gasteiger partial charge is 0.261 e. The van der Waals surface area contributed by atoms with E-state index in [1.807, 2.05) is 31.2 Å². The van der Waals surface area contributed by atoms with Crippen molar-refractivity contribution in [2.45, 2.75) is 24.9 Å². The molecule has 6 nitrogen and oxygen atoms in total. The maximum atomic E-state index is 13.3. The fraction of sp³-hybridized carbons (Fsp3) is 0.125. The minimum atomic E-state index is -3.75. The van der Waals surface area contributed by atoms with Gasteiger partial charge in [-0.2, -0.15) is 0 Å². The van der Waals surface area contributed by atoms with Crippen molar-refractivity contribution < 1.29 is 17.6 Å². The van der Waals surface area contributed by atoms with Crippen molar-refractivity contribution in [2.24, 2.45) is 0 Å². The molecule has 2 aromatic heterocycles. The first kappa shape index (κ1) is 21.9. The molecule has 0 radical (unpaired) electrons. The largest absolute Gasteiger partial charge is 0.467 e. The van der Waals surface area contributed by atoms with E-state index in [4.69, 9.17) is 4.42 Å². The first-order valence-electron chi connectivity index (χ1n) is 9.96. The molecule has 1 amide bonds. The second-order valence-corrected chi connectivity index (χ2v) is 10.3. The molecule has 1 N–H and O–H groups in total. The maximum absolute atomic E-state index is 13.3. The number of hydrogen-bond donors (Lipinski definition) is 1. The Bertz CT molecular complexity index is 1280. The molecule has 0 saturated heterocycles. The van der Waals surface area contributed by atoms with E-state index in [1.165, 1.54) is 29.1 Å². The van der Waals surface area contributed by atoms with Gasteiger partial charge in [-0.1, -0.05) is 18.2 Å². The fourth-order valence-corrected chi connectivity index (χ4v) is 5.19. The van der Waals surface area contributed by atoms with Gasteiger partial charge in [0.1, 0.15) is 5.76 Å². The van der Waals surface area contributed by atoms with Crippen molar-refractivity contribution in [3.8, 4) is 0 Å². The number of benzene rings is 2. The van der Waals surface area contributed by atoms with Gasteiger partial charge in [-0.25, -0.2) is 8.42 Å². The number of nitrogens with zero attached hydrogens (tertiary/aromatic N) is 1. The third-order valence-electron chi connectivity index (χ3n) is 4.79. The van der Waals surface area contributed by atoms with E-state index < -0.39 is 10.0 Å². The molecule has 0 atom stereocenters. The first-order chi connectivity index (χ1) is 15.4. The molecule has 0 aliphatic carbocycles. The number of carbonyl (C=O) groups excluding carboxylic acids is 1. The second-order valence-electron chi connectivity index (χ2n) is 7.25. The lowest BCUT2D eigenvalue weighted by Crippen LogP contribution is -2.29. The normalized spacial score (nSPS) is 11.3. The van der Waals surface area contributed by atoms with E-state index in [-0.39, 0.29) is 10.8 Å². The Kier molecular flexibility index (Phi) is 6.43. The summed E-state index contributed by atoms with van der Waals surface area (Å²) in [6.45, 7) is 2.78. The number of furan rings is 1. The molecular weight excluding hydrogens is 444 g/mol. The highest BCUT2D eigenvalue weighted by atomic mass is 32.2. The lowest BCUT2D eigenvalue weighted by molar-refractivity contribution is 0.0719. The average Bonchev–Trinajstić information content (AvgIpc) is 3.45. The second kappa shape index (κ2) is 9.42. The molecule has 0 bridgehead atoms. The standard InChI is InChI=1S/C24H22N2O4S2/c1-18-9-12-22(31-18)17-26(16-21-8-5-15-30-21)24(27)19-10-13-23(14-11-19)32(28,29)25-20-6-3-2-4-7-20/h2-15,25H,16-17H2,1H3. The van der Waals surface area contributed by atoms with Crippen molar-refractivity contribution >= 4 is 33.0 Å². The Balaban J connectivity index is 1.54. The van der Waals surface area contributed by atoms with Gasteiger partial charge in [-0.15, -0.1) is 11.3 Å². The highest BCUT2D eigenvalue weighted by Crippen LogP contribution is 2.22. The lowest BCUT2D eigenvalue weighted by atomic mass is 10.2. The number of carbonyl (C=O) groups is 1. The van der Waals surface area contributed by atoms with Crippen molar-refractivity contribution in [2.75, 3.05) is 4.72 Å². The number of amides is 1. The van der Waals surface area contributed by atoms with Gasteiger partial charge >= 0.3 is 0 Å². The molecule has 0 fully saturated rings. The quantitative estimate of drug-likeness (QED) is 0.382. The summed E-state index contributed by atoms with van der Waals surface area (Å²) in [5.41, 5.74) is 0.881. The molecule has 32 heavy (non-hydrogen) atoms. The summed E-state index contributed by atoms with van der Waals surface area (Å²) in [5, 5.41) is 0. The summed E-state index contributed by atoms with van der Waals surface area (Å²) in [6, 6.07) is 22.3. The zero-order valence-electron chi connectivity index (χ0n) is 17.4. The molecule has 4 rings (SSSR count). The fourth-order valence-electron chi connectivity index (χ4n) is 3.23. The Morgan fingerprint density at radius 1 is 0.938 bits per heavy atom. The number of rotatable bonds is 8. The summed E-state index contributed by atoms with van der Waals surface area (Å²) in [4.78, 5) is 17.3. The van der Waals surface area contributed by atoms with Crippen LogP contribution in [0.1, 0.15) is 25.9 Å². The van der Waals surface area contributed by atoms with Gasteiger partial charge in [-0.05, 0) is 67.6 Å². The van der Waals surface area contributed by atoms with Gasteiger partial charge < -0.3 is 9.32 Å². The van der Waals surface area contributed by atoms with Crippen LogP contribution >= 0.6 is 11.3 Å². The number of nitrogens with one attached hydrogen (secondary N) is 1. The summed E-state index contributed by atoms with van der Waals surface area (Å²) in [5.74, 6) is 0.477. The highest BCUT2D eigenvalue weighted by molar-refractivity contribution is 7.92. The van der Waals surface area contributed by atoms with Crippen LogP contribution in [0, 0.1) is 6.92 Å². The number of para-hydroxylation sites is 1. The molecule has 0 unspecified atom stereocenters. The Morgan fingerprint density at radius 2 is 1.69 bits per heavy atom. The molecule has 4 aromatic rings. The minimum Gasteiger partial charge on any atom is -0.467 e. The van der Waals surface area contributed by atoms with Crippen molar-refractivity contribution in [1.82, 2.24) is 4.90 Å². The van der Waals surface area contributed by atoms with Crippen LogP contribution in [0.25, 0.3) is 0 Å². The van der Waals surface area contributed by atoms with Gasteiger partial charge in [0.05, 0.1) is 24.2 Å². The predicted molar refractivity (Wildman–Crippen MR) is 125 cm³/mol. The highest BCUT2D eigenvalue weighted by Gasteiger charge is 2.20. The van der Waals surface area contributed by atoms with Crippen molar-refractivity contribution in [1.29, 1.82) is 0 Å². The third kappa shape index (κ3) is 5.27. The maximum Gasteiger partial charge on any atom is 0.261 e. The molecule has 0 aliphatic heterocycles. The van der Waals surface area contributed by atoms with Gasteiger partial charge in [0.15, 0.2) is 0 Å². The van der Waals surface area contributed by atoms with Crippen LogP contribution in [-0.2, 0) is 23.1 Å². The average molecular weight is 467 g/mol. The molecule has 0 spiro atoms. The van der Waals surface area contributed by atoms with Crippen LogP contribution in [0.2, 0.25) is 0 Å². The number of aryl methyl sites for hydroxylation is 1. The first-order valence-corrected chi connectivity index (χ1v) is 12.3. The number of thiophene rings is 1. The van der Waals surface area contributed by atoms with Gasteiger partial charge in [0.25, 0.3) is 15.9 Å². The van der Waals surface area contributed by atoms with E-state index >= 15 is 0 Å².